The third-order valence-corrected chi connectivity index (χ3v) is 8.35. The SMILES string of the molecule is CC(C)C[C@H](O)C(=O)N(CCN1C2CCC1CC(c1cccc(O)c1)C2)CC1CCCCC1. The van der Waals surface area contributed by atoms with E-state index in [1.165, 1.54) is 50.5 Å². The number of phenols is 1. The van der Waals surface area contributed by atoms with E-state index in [0.29, 0.717) is 42.0 Å². The van der Waals surface area contributed by atoms with E-state index in [9.17, 15) is 15.0 Å². The zero-order valence-electron chi connectivity index (χ0n) is 20.7. The summed E-state index contributed by atoms with van der Waals surface area (Å²) in [4.78, 5) is 17.9. The minimum Gasteiger partial charge on any atom is -0.508 e. The number of aliphatic hydroxyl groups is 1. The Bertz CT molecular complexity index is 762. The van der Waals surface area contributed by atoms with Gasteiger partial charge < -0.3 is 15.1 Å². The second kappa shape index (κ2) is 11.2. The summed E-state index contributed by atoms with van der Waals surface area (Å²) in [6.45, 7) is 6.58. The minimum absolute atomic E-state index is 0.0590. The Morgan fingerprint density at radius 3 is 2.42 bits per heavy atom. The summed E-state index contributed by atoms with van der Waals surface area (Å²) in [5.74, 6) is 1.71. The zero-order chi connectivity index (χ0) is 23.4. The molecule has 2 saturated heterocycles. The molecule has 1 saturated carbocycles. The van der Waals surface area contributed by atoms with Crippen LogP contribution in [0.1, 0.15) is 89.5 Å². The van der Waals surface area contributed by atoms with Crippen molar-refractivity contribution in [2.75, 3.05) is 19.6 Å². The highest BCUT2D eigenvalue weighted by Gasteiger charge is 2.41. The number of phenolic OH excluding ortho intramolecular Hbond substituents is 1. The molecule has 5 heteroatoms. The summed E-state index contributed by atoms with van der Waals surface area (Å²) in [5, 5.41) is 20.5. The second-order valence-electron chi connectivity index (χ2n) is 11.3. The van der Waals surface area contributed by atoms with Crippen molar-refractivity contribution >= 4 is 5.91 Å². The number of hydrogen-bond donors (Lipinski definition) is 2. The van der Waals surface area contributed by atoms with Gasteiger partial charge in [-0.25, -0.2) is 0 Å². The molecule has 0 radical (unpaired) electrons. The van der Waals surface area contributed by atoms with E-state index in [1.54, 1.807) is 6.07 Å². The quantitative estimate of drug-likeness (QED) is 0.554. The summed E-state index contributed by atoms with van der Waals surface area (Å²) < 4.78 is 0. The Kier molecular flexibility index (Phi) is 8.34. The maximum absolute atomic E-state index is 13.2. The average molecular weight is 457 g/mol. The molecule has 0 spiro atoms. The molecule has 1 aromatic carbocycles. The van der Waals surface area contributed by atoms with Crippen molar-refractivity contribution in [3.8, 4) is 5.75 Å². The molecule has 1 aliphatic carbocycles. The Morgan fingerprint density at radius 1 is 1.09 bits per heavy atom. The highest BCUT2D eigenvalue weighted by atomic mass is 16.3. The number of carbonyl (C=O) groups is 1. The van der Waals surface area contributed by atoms with Crippen LogP contribution in [0.2, 0.25) is 0 Å². The lowest BCUT2D eigenvalue weighted by Crippen LogP contribution is -2.49. The van der Waals surface area contributed by atoms with Gasteiger partial charge in [0.05, 0.1) is 0 Å². The van der Waals surface area contributed by atoms with E-state index in [2.05, 4.69) is 24.8 Å². The fourth-order valence-corrected chi connectivity index (χ4v) is 6.66. The third kappa shape index (κ3) is 6.30. The van der Waals surface area contributed by atoms with E-state index in [4.69, 9.17) is 0 Å². The molecular formula is C28H44N2O3. The Hall–Kier alpha value is -1.59. The van der Waals surface area contributed by atoms with Gasteiger partial charge >= 0.3 is 0 Å². The zero-order valence-corrected chi connectivity index (χ0v) is 20.7. The van der Waals surface area contributed by atoms with Gasteiger partial charge in [0.1, 0.15) is 11.9 Å². The van der Waals surface area contributed by atoms with Crippen molar-refractivity contribution in [1.82, 2.24) is 9.80 Å². The summed E-state index contributed by atoms with van der Waals surface area (Å²) in [6, 6.07) is 8.90. The van der Waals surface area contributed by atoms with Crippen LogP contribution in [0.4, 0.5) is 0 Å². The number of aliphatic hydroxyl groups excluding tert-OH is 1. The van der Waals surface area contributed by atoms with E-state index < -0.39 is 6.10 Å². The van der Waals surface area contributed by atoms with Crippen LogP contribution in [0, 0.1) is 11.8 Å². The highest BCUT2D eigenvalue weighted by molar-refractivity contribution is 5.80. The fraction of sp³-hybridized carbons (Fsp3) is 0.750. The van der Waals surface area contributed by atoms with Crippen molar-refractivity contribution in [2.24, 2.45) is 11.8 Å². The molecule has 184 valence electrons. The molecule has 1 amide bonds. The predicted octanol–water partition coefficient (Wildman–Crippen LogP) is 4.92. The van der Waals surface area contributed by atoms with Crippen molar-refractivity contribution < 1.29 is 15.0 Å². The smallest absolute Gasteiger partial charge is 0.251 e. The van der Waals surface area contributed by atoms with Gasteiger partial charge in [-0.15, -0.1) is 0 Å². The number of nitrogens with zero attached hydrogens (tertiary/aromatic N) is 2. The second-order valence-corrected chi connectivity index (χ2v) is 11.3. The van der Waals surface area contributed by atoms with E-state index in [-0.39, 0.29) is 5.91 Å². The molecule has 2 aliphatic heterocycles. The molecule has 33 heavy (non-hydrogen) atoms. The molecule has 0 aromatic heterocycles. The minimum atomic E-state index is -0.873. The Labute approximate surface area is 200 Å². The van der Waals surface area contributed by atoms with Crippen LogP contribution < -0.4 is 0 Å². The van der Waals surface area contributed by atoms with Gasteiger partial charge in [0.25, 0.3) is 5.91 Å². The van der Waals surface area contributed by atoms with Gasteiger partial charge in [-0.05, 0) is 80.4 Å². The van der Waals surface area contributed by atoms with E-state index in [0.717, 1.165) is 32.5 Å². The van der Waals surface area contributed by atoms with Gasteiger partial charge in [0.2, 0.25) is 0 Å². The Morgan fingerprint density at radius 2 is 1.79 bits per heavy atom. The third-order valence-electron chi connectivity index (χ3n) is 8.35. The van der Waals surface area contributed by atoms with Crippen LogP contribution in [-0.2, 0) is 4.79 Å². The van der Waals surface area contributed by atoms with E-state index >= 15 is 0 Å². The van der Waals surface area contributed by atoms with E-state index in [1.807, 2.05) is 17.0 Å². The fourth-order valence-electron chi connectivity index (χ4n) is 6.66. The molecule has 5 nitrogen and oxygen atoms in total. The largest absolute Gasteiger partial charge is 0.508 e. The van der Waals surface area contributed by atoms with Crippen molar-refractivity contribution in [2.45, 2.75) is 102 Å². The van der Waals surface area contributed by atoms with Crippen LogP contribution in [-0.4, -0.2) is 63.7 Å². The lowest BCUT2D eigenvalue weighted by molar-refractivity contribution is -0.142. The molecule has 3 fully saturated rings. The summed E-state index contributed by atoms with van der Waals surface area (Å²) >= 11 is 0. The van der Waals surface area contributed by atoms with Crippen molar-refractivity contribution in [1.29, 1.82) is 0 Å². The topological polar surface area (TPSA) is 64.0 Å². The predicted molar refractivity (Wildman–Crippen MR) is 132 cm³/mol. The molecular weight excluding hydrogens is 412 g/mol. The monoisotopic (exact) mass is 456 g/mol. The molecule has 3 atom stereocenters. The number of rotatable bonds is 9. The molecule has 1 aromatic rings. The summed E-state index contributed by atoms with van der Waals surface area (Å²) in [5.41, 5.74) is 1.26. The summed E-state index contributed by atoms with van der Waals surface area (Å²) in [7, 11) is 0. The number of amides is 1. The number of benzene rings is 1. The van der Waals surface area contributed by atoms with Crippen LogP contribution in [0.3, 0.4) is 0 Å². The van der Waals surface area contributed by atoms with Gasteiger partial charge in [0, 0.05) is 31.7 Å². The first-order valence-electron chi connectivity index (χ1n) is 13.4. The molecule has 2 N–H and O–H groups in total. The molecule has 4 rings (SSSR count). The highest BCUT2D eigenvalue weighted by Crippen LogP contribution is 2.43. The van der Waals surface area contributed by atoms with Crippen LogP contribution in [0.5, 0.6) is 5.75 Å². The normalized spacial score (nSPS) is 27.1. The molecule has 2 unspecified atom stereocenters. The van der Waals surface area contributed by atoms with Gasteiger partial charge in [-0.3, -0.25) is 9.69 Å². The number of aromatic hydroxyl groups is 1. The summed E-state index contributed by atoms with van der Waals surface area (Å²) in [6.07, 6.45) is 10.7. The number of piperidine rings is 1. The van der Waals surface area contributed by atoms with Gasteiger partial charge in [0.15, 0.2) is 0 Å². The van der Waals surface area contributed by atoms with Gasteiger partial charge in [-0.2, -0.15) is 0 Å². The molecule has 2 bridgehead atoms. The van der Waals surface area contributed by atoms with Crippen LogP contribution in [0.25, 0.3) is 0 Å². The first-order chi connectivity index (χ1) is 15.9. The van der Waals surface area contributed by atoms with Crippen molar-refractivity contribution in [3.05, 3.63) is 29.8 Å². The van der Waals surface area contributed by atoms with Crippen LogP contribution in [0.15, 0.2) is 24.3 Å². The maximum Gasteiger partial charge on any atom is 0.251 e. The maximum atomic E-state index is 13.2. The van der Waals surface area contributed by atoms with Crippen molar-refractivity contribution in [3.63, 3.8) is 0 Å². The first-order valence-corrected chi connectivity index (χ1v) is 13.4. The lowest BCUT2D eigenvalue weighted by Gasteiger charge is -2.41. The number of fused-ring (bicyclic) bond motifs is 2. The number of carbonyl (C=O) groups excluding carboxylic acids is 1. The average Bonchev–Trinajstić information content (AvgIpc) is 3.03. The standard InChI is InChI=1S/C28H44N2O3/c1-20(2)15-27(32)28(33)29(19-21-7-4-3-5-8-21)13-14-30-24-11-12-25(30)17-23(16-24)22-9-6-10-26(31)18-22/h6,9-10,18,20-21,23-25,27,31-32H,3-5,7-8,11-17,19H2,1-2H3/t23?,24?,25?,27-/m0/s1. The number of hydrogen-bond acceptors (Lipinski definition) is 4. The van der Waals surface area contributed by atoms with Crippen LogP contribution >= 0.6 is 0 Å². The molecule has 3 aliphatic rings. The lowest BCUT2D eigenvalue weighted by atomic mass is 9.85. The first kappa shape index (κ1) is 24.5. The molecule has 2 heterocycles. The Balaban J connectivity index is 1.38. The van der Waals surface area contributed by atoms with Gasteiger partial charge in [-0.1, -0.05) is 45.2 Å².